The molecule has 0 spiro atoms. The molecule has 12 heteroatoms. The molecule has 1 aromatic carbocycles. The van der Waals surface area contributed by atoms with Gasteiger partial charge in [-0.15, -0.1) is 4.40 Å². The molecule has 0 radical (unpaired) electrons. The zero-order valence-corrected chi connectivity index (χ0v) is 16.4. The van der Waals surface area contributed by atoms with E-state index in [1.54, 1.807) is 0 Å². The lowest BCUT2D eigenvalue weighted by Gasteiger charge is -2.32. The van der Waals surface area contributed by atoms with E-state index >= 15 is 0 Å². The Morgan fingerprint density at radius 3 is 2.68 bits per heavy atom. The third-order valence-electron chi connectivity index (χ3n) is 5.07. The SMILES string of the molecule is CS(=O)(=O)Nc1ccc2c(c1)S(=O)(=O)N=C(C1C(=O)N[C@H]3CCC[C@H]3C1=O)N2. The summed E-state index contributed by atoms with van der Waals surface area (Å²) in [6, 6.07) is 3.67. The number of ketones is 1. The van der Waals surface area contributed by atoms with E-state index in [0.29, 0.717) is 6.42 Å². The normalized spacial score (nSPS) is 28.5. The molecule has 1 aliphatic carbocycles. The third-order valence-corrected chi connectivity index (χ3v) is 7.01. The summed E-state index contributed by atoms with van der Waals surface area (Å²) in [6.45, 7) is 0. The highest BCUT2D eigenvalue weighted by Crippen LogP contribution is 2.36. The van der Waals surface area contributed by atoms with Crippen molar-refractivity contribution in [3.05, 3.63) is 18.2 Å². The molecule has 10 nitrogen and oxygen atoms in total. The second-order valence-electron chi connectivity index (χ2n) is 7.15. The van der Waals surface area contributed by atoms with E-state index in [9.17, 15) is 26.4 Å². The summed E-state index contributed by atoms with van der Waals surface area (Å²) in [4.78, 5) is 25.0. The van der Waals surface area contributed by atoms with Crippen LogP contribution in [-0.4, -0.2) is 46.7 Å². The highest BCUT2D eigenvalue weighted by atomic mass is 32.2. The second kappa shape index (κ2) is 6.27. The summed E-state index contributed by atoms with van der Waals surface area (Å²) >= 11 is 0. The van der Waals surface area contributed by atoms with Crippen LogP contribution in [0.5, 0.6) is 0 Å². The Labute approximate surface area is 161 Å². The van der Waals surface area contributed by atoms with Gasteiger partial charge in [-0.1, -0.05) is 6.42 Å². The molecule has 0 bridgehead atoms. The van der Waals surface area contributed by atoms with Gasteiger partial charge in [-0.25, -0.2) is 8.42 Å². The number of piperidine rings is 1. The molecule has 2 aliphatic heterocycles. The highest BCUT2D eigenvalue weighted by molar-refractivity contribution is 7.92. The van der Waals surface area contributed by atoms with E-state index in [4.69, 9.17) is 0 Å². The first-order valence-electron chi connectivity index (χ1n) is 8.63. The third kappa shape index (κ3) is 3.26. The van der Waals surface area contributed by atoms with Crippen LogP contribution >= 0.6 is 0 Å². The van der Waals surface area contributed by atoms with Gasteiger partial charge in [0.1, 0.15) is 10.7 Å². The quantitative estimate of drug-likeness (QED) is 0.578. The number of nitrogens with one attached hydrogen (secondary N) is 3. The molecule has 4 rings (SSSR count). The Balaban J connectivity index is 1.70. The zero-order chi connectivity index (χ0) is 20.3. The molecule has 2 fully saturated rings. The number of nitrogens with zero attached hydrogens (tertiary/aromatic N) is 1. The summed E-state index contributed by atoms with van der Waals surface area (Å²) < 4.78 is 53.9. The highest BCUT2D eigenvalue weighted by Gasteiger charge is 2.48. The Bertz CT molecular complexity index is 1130. The maximum Gasteiger partial charge on any atom is 0.286 e. The second-order valence-corrected chi connectivity index (χ2v) is 10.5. The standard InChI is InChI=1S/C16H18N4O6S2/c1-27(23,24)19-8-5-6-11-12(7-8)28(25,26)20-15(17-11)13-14(21)9-3-2-4-10(9)18-16(13)22/h5-7,9-10,13,19H,2-4H2,1H3,(H,17,20)(H,18,22)/t9-,10+,13?/m1/s1. The molecule has 1 amide bonds. The molecule has 3 N–H and O–H groups in total. The van der Waals surface area contributed by atoms with Crippen LogP contribution < -0.4 is 15.4 Å². The van der Waals surface area contributed by atoms with Gasteiger partial charge in [0.2, 0.25) is 15.9 Å². The number of Topliss-reactive ketones (excluding diaryl/α,β-unsaturated/α-hetero) is 1. The fourth-order valence-corrected chi connectivity index (χ4v) is 5.66. The Kier molecular flexibility index (Phi) is 4.23. The molecule has 1 saturated heterocycles. The van der Waals surface area contributed by atoms with Crippen LogP contribution in [0, 0.1) is 11.8 Å². The van der Waals surface area contributed by atoms with Gasteiger partial charge in [0, 0.05) is 17.6 Å². The minimum atomic E-state index is -4.23. The number of hydrogen-bond acceptors (Lipinski definition) is 7. The van der Waals surface area contributed by atoms with Crippen molar-refractivity contribution in [2.24, 2.45) is 16.2 Å². The monoisotopic (exact) mass is 426 g/mol. The van der Waals surface area contributed by atoms with E-state index in [1.807, 2.05) is 0 Å². The predicted molar refractivity (Wildman–Crippen MR) is 101 cm³/mol. The van der Waals surface area contributed by atoms with E-state index < -0.39 is 31.9 Å². The van der Waals surface area contributed by atoms with Crippen molar-refractivity contribution in [1.29, 1.82) is 0 Å². The summed E-state index contributed by atoms with van der Waals surface area (Å²) in [5.74, 6) is -2.77. The zero-order valence-electron chi connectivity index (χ0n) is 14.8. The number of anilines is 2. The van der Waals surface area contributed by atoms with Crippen LogP contribution in [-0.2, 0) is 29.6 Å². The van der Waals surface area contributed by atoms with E-state index in [1.165, 1.54) is 12.1 Å². The number of rotatable bonds is 3. The number of amides is 1. The average Bonchev–Trinajstić information content (AvgIpc) is 3.02. The van der Waals surface area contributed by atoms with Crippen molar-refractivity contribution in [2.75, 3.05) is 16.3 Å². The Hall–Kier alpha value is -2.47. The van der Waals surface area contributed by atoms with Crippen molar-refractivity contribution in [3.63, 3.8) is 0 Å². The Morgan fingerprint density at radius 1 is 1.21 bits per heavy atom. The molecular weight excluding hydrogens is 408 g/mol. The number of amidine groups is 1. The lowest BCUT2D eigenvalue weighted by molar-refractivity contribution is -0.138. The lowest BCUT2D eigenvalue weighted by atomic mass is 9.83. The minimum absolute atomic E-state index is 0.0607. The van der Waals surface area contributed by atoms with Gasteiger partial charge in [0.15, 0.2) is 11.7 Å². The first-order valence-corrected chi connectivity index (χ1v) is 12.0. The number of carbonyl (C=O) groups is 2. The van der Waals surface area contributed by atoms with Crippen LogP contribution in [0.4, 0.5) is 11.4 Å². The largest absolute Gasteiger partial charge is 0.352 e. The van der Waals surface area contributed by atoms with Crippen molar-refractivity contribution in [3.8, 4) is 0 Å². The summed E-state index contributed by atoms with van der Waals surface area (Å²) in [5, 5.41) is 5.56. The van der Waals surface area contributed by atoms with Gasteiger partial charge >= 0.3 is 0 Å². The van der Waals surface area contributed by atoms with E-state index in [-0.39, 0.29) is 39.8 Å². The van der Waals surface area contributed by atoms with Gasteiger partial charge in [0.05, 0.1) is 11.9 Å². The molecular formula is C16H18N4O6S2. The van der Waals surface area contributed by atoms with Crippen LogP contribution in [0.3, 0.4) is 0 Å². The van der Waals surface area contributed by atoms with Crippen molar-refractivity contribution >= 4 is 48.9 Å². The van der Waals surface area contributed by atoms with Gasteiger partial charge in [-0.2, -0.15) is 8.42 Å². The van der Waals surface area contributed by atoms with Crippen LogP contribution in [0.15, 0.2) is 27.5 Å². The molecule has 1 saturated carbocycles. The molecule has 150 valence electrons. The smallest absolute Gasteiger partial charge is 0.286 e. The maximum absolute atomic E-state index is 12.8. The van der Waals surface area contributed by atoms with Gasteiger partial charge in [-0.3, -0.25) is 14.3 Å². The topological polar surface area (TPSA) is 151 Å². The maximum atomic E-state index is 12.8. The summed E-state index contributed by atoms with van der Waals surface area (Å²) in [5.41, 5.74) is 0.184. The van der Waals surface area contributed by atoms with Crippen molar-refractivity contribution < 1.29 is 26.4 Å². The Morgan fingerprint density at radius 2 is 1.96 bits per heavy atom. The summed E-state index contributed by atoms with van der Waals surface area (Å²) in [7, 11) is -7.82. The number of fused-ring (bicyclic) bond motifs is 2. The van der Waals surface area contributed by atoms with E-state index in [0.717, 1.165) is 25.2 Å². The summed E-state index contributed by atoms with van der Waals surface area (Å²) in [6.07, 6.45) is 3.15. The molecule has 3 aliphatic rings. The molecule has 28 heavy (non-hydrogen) atoms. The first kappa shape index (κ1) is 18.9. The molecule has 1 unspecified atom stereocenters. The number of carbonyl (C=O) groups excluding carboxylic acids is 2. The van der Waals surface area contributed by atoms with Gasteiger partial charge in [0.25, 0.3) is 10.0 Å². The van der Waals surface area contributed by atoms with Crippen LogP contribution in [0.2, 0.25) is 0 Å². The number of benzene rings is 1. The minimum Gasteiger partial charge on any atom is -0.352 e. The number of hydrogen-bond donors (Lipinski definition) is 3. The average molecular weight is 426 g/mol. The first-order chi connectivity index (χ1) is 13.0. The van der Waals surface area contributed by atoms with Crippen LogP contribution in [0.1, 0.15) is 19.3 Å². The lowest BCUT2D eigenvalue weighted by Crippen LogP contribution is -2.56. The van der Waals surface area contributed by atoms with Gasteiger partial charge < -0.3 is 10.6 Å². The van der Waals surface area contributed by atoms with E-state index in [2.05, 4.69) is 19.8 Å². The molecule has 3 atom stereocenters. The van der Waals surface area contributed by atoms with Crippen molar-refractivity contribution in [2.45, 2.75) is 30.2 Å². The number of sulfonamides is 2. The molecule has 2 heterocycles. The predicted octanol–water partition coefficient (Wildman–Crippen LogP) is 0.0546. The van der Waals surface area contributed by atoms with Gasteiger partial charge in [-0.05, 0) is 31.0 Å². The molecule has 0 aromatic heterocycles. The molecule has 1 aromatic rings. The fourth-order valence-electron chi connectivity index (χ4n) is 3.92. The van der Waals surface area contributed by atoms with Crippen molar-refractivity contribution in [1.82, 2.24) is 5.32 Å². The fraction of sp³-hybridized carbons (Fsp3) is 0.438. The van der Waals surface area contributed by atoms with Crippen LogP contribution in [0.25, 0.3) is 0 Å².